The highest BCUT2D eigenvalue weighted by molar-refractivity contribution is 7.89. The molecule has 11 heteroatoms. The lowest BCUT2D eigenvalue weighted by molar-refractivity contribution is -0.0598. The van der Waals surface area contributed by atoms with E-state index in [1.165, 1.54) is 34.6 Å². The number of sulfonamides is 1. The van der Waals surface area contributed by atoms with Crippen LogP contribution in [0.25, 0.3) is 0 Å². The molecule has 0 aliphatic carbocycles. The zero-order valence-corrected chi connectivity index (χ0v) is 19.6. The van der Waals surface area contributed by atoms with Crippen LogP contribution < -0.4 is 5.32 Å². The highest BCUT2D eigenvalue weighted by Crippen LogP contribution is 2.32. The van der Waals surface area contributed by atoms with Gasteiger partial charge in [-0.15, -0.1) is 0 Å². The number of anilines is 1. The number of aliphatic hydroxyl groups is 1. The Bertz CT molecular complexity index is 1110. The quantitative estimate of drug-likeness (QED) is 0.595. The lowest BCUT2D eigenvalue weighted by atomic mass is 9.89. The van der Waals surface area contributed by atoms with Crippen LogP contribution in [0, 0.1) is 5.82 Å². The van der Waals surface area contributed by atoms with E-state index in [4.69, 9.17) is 27.9 Å². The van der Waals surface area contributed by atoms with Gasteiger partial charge in [0.2, 0.25) is 10.0 Å². The van der Waals surface area contributed by atoms with Crippen molar-refractivity contribution in [2.45, 2.75) is 29.8 Å². The monoisotopic (exact) mass is 504 g/mol. The predicted molar refractivity (Wildman–Crippen MR) is 120 cm³/mol. The number of methoxy groups -OCH3 is 1. The second-order valence-electron chi connectivity index (χ2n) is 7.49. The van der Waals surface area contributed by atoms with Crippen LogP contribution in [0.1, 0.15) is 29.6 Å². The van der Waals surface area contributed by atoms with Crippen LogP contribution in [0.5, 0.6) is 0 Å². The lowest BCUT2D eigenvalue weighted by Gasteiger charge is -2.40. The molecule has 174 valence electrons. The topological polar surface area (TPSA) is 95.9 Å². The van der Waals surface area contributed by atoms with Gasteiger partial charge in [-0.05, 0) is 55.7 Å². The van der Waals surface area contributed by atoms with E-state index < -0.39 is 27.3 Å². The number of hydrogen-bond donors (Lipinski definition) is 2. The SMILES string of the molecule is COC1(CCO)CCN(S(=O)(=O)c2ccc(Cl)c(C(=O)Nc3ccc(F)c(Cl)c3)c2)CC1. The van der Waals surface area contributed by atoms with Gasteiger partial charge in [-0.3, -0.25) is 4.79 Å². The van der Waals surface area contributed by atoms with Crippen LogP contribution in [-0.2, 0) is 14.8 Å². The minimum atomic E-state index is -3.89. The van der Waals surface area contributed by atoms with E-state index in [9.17, 15) is 22.7 Å². The van der Waals surface area contributed by atoms with Crippen LogP contribution in [0.2, 0.25) is 10.0 Å². The number of aliphatic hydroxyl groups excluding tert-OH is 1. The van der Waals surface area contributed by atoms with Gasteiger partial charge in [-0.1, -0.05) is 23.2 Å². The van der Waals surface area contributed by atoms with Gasteiger partial charge >= 0.3 is 0 Å². The molecule has 1 saturated heterocycles. The van der Waals surface area contributed by atoms with Crippen LogP contribution in [0.3, 0.4) is 0 Å². The minimum Gasteiger partial charge on any atom is -0.396 e. The third-order valence-corrected chi connectivity index (χ3v) is 8.15. The molecule has 7 nitrogen and oxygen atoms in total. The van der Waals surface area contributed by atoms with Crippen molar-refractivity contribution in [2.75, 3.05) is 32.1 Å². The second kappa shape index (κ2) is 10.0. The van der Waals surface area contributed by atoms with Crippen molar-refractivity contribution in [3.05, 3.63) is 57.8 Å². The summed E-state index contributed by atoms with van der Waals surface area (Å²) in [6.07, 6.45) is 1.31. The summed E-state index contributed by atoms with van der Waals surface area (Å²) in [5, 5.41) is 11.7. The third-order valence-electron chi connectivity index (χ3n) is 5.63. The van der Waals surface area contributed by atoms with Crippen LogP contribution >= 0.6 is 23.2 Å². The lowest BCUT2D eigenvalue weighted by Crippen LogP contribution is -2.48. The van der Waals surface area contributed by atoms with Gasteiger partial charge in [0.25, 0.3) is 5.91 Å². The molecule has 1 heterocycles. The van der Waals surface area contributed by atoms with Gasteiger partial charge in [-0.25, -0.2) is 12.8 Å². The summed E-state index contributed by atoms with van der Waals surface area (Å²) in [6, 6.07) is 7.57. The first-order valence-corrected chi connectivity index (χ1v) is 12.0. The van der Waals surface area contributed by atoms with E-state index in [-0.39, 0.29) is 45.9 Å². The number of benzene rings is 2. The van der Waals surface area contributed by atoms with Gasteiger partial charge in [0.1, 0.15) is 5.82 Å². The number of amides is 1. The number of carbonyl (C=O) groups is 1. The molecule has 1 aliphatic rings. The Hall–Kier alpha value is -1.75. The average Bonchev–Trinajstić information content (AvgIpc) is 2.77. The number of halogens is 3. The Balaban J connectivity index is 1.81. The number of piperidine rings is 1. The van der Waals surface area contributed by atoms with Gasteiger partial charge in [0, 0.05) is 32.5 Å². The van der Waals surface area contributed by atoms with Gasteiger partial charge in [-0.2, -0.15) is 4.31 Å². The number of hydrogen-bond acceptors (Lipinski definition) is 5. The average molecular weight is 505 g/mol. The van der Waals surface area contributed by atoms with E-state index in [0.717, 1.165) is 6.07 Å². The summed E-state index contributed by atoms with van der Waals surface area (Å²) in [6.45, 7) is 0.387. The summed E-state index contributed by atoms with van der Waals surface area (Å²) in [4.78, 5) is 12.6. The van der Waals surface area contributed by atoms with Crippen molar-refractivity contribution in [1.29, 1.82) is 0 Å². The fraction of sp³-hybridized carbons (Fsp3) is 0.381. The second-order valence-corrected chi connectivity index (χ2v) is 10.2. The van der Waals surface area contributed by atoms with Gasteiger partial charge in [0.05, 0.1) is 26.1 Å². The molecule has 32 heavy (non-hydrogen) atoms. The molecule has 2 N–H and O–H groups in total. The molecule has 2 aromatic carbocycles. The van der Waals surface area contributed by atoms with Crippen molar-refractivity contribution in [2.24, 2.45) is 0 Å². The van der Waals surface area contributed by atoms with Gasteiger partial charge in [0.15, 0.2) is 0 Å². The zero-order chi connectivity index (χ0) is 23.5. The fourth-order valence-corrected chi connectivity index (χ4v) is 5.51. The van der Waals surface area contributed by atoms with Crippen molar-refractivity contribution < 1.29 is 27.4 Å². The molecule has 1 fully saturated rings. The van der Waals surface area contributed by atoms with E-state index in [1.807, 2.05) is 0 Å². The maximum Gasteiger partial charge on any atom is 0.257 e. The molecule has 0 spiro atoms. The smallest absolute Gasteiger partial charge is 0.257 e. The first-order chi connectivity index (χ1) is 15.1. The maximum atomic E-state index is 13.3. The molecule has 2 aromatic rings. The normalized spacial score (nSPS) is 16.7. The molecule has 1 aliphatic heterocycles. The maximum absolute atomic E-state index is 13.3. The molecule has 0 radical (unpaired) electrons. The molecule has 0 unspecified atom stereocenters. The number of carbonyl (C=O) groups excluding carboxylic acids is 1. The standard InChI is InChI=1S/C21H23Cl2FN2O5S/c1-31-21(8-11-27)6-9-26(10-7-21)32(29,30)15-3-4-17(22)16(13-15)20(28)25-14-2-5-19(24)18(23)12-14/h2-5,12-13,27H,6-11H2,1H3,(H,25,28). The molecular formula is C21H23Cl2FN2O5S. The summed E-state index contributed by atoms with van der Waals surface area (Å²) in [5.41, 5.74) is -0.360. The Morgan fingerprint density at radius 1 is 1.19 bits per heavy atom. The molecule has 0 aromatic heterocycles. The zero-order valence-electron chi connectivity index (χ0n) is 17.3. The highest BCUT2D eigenvalue weighted by atomic mass is 35.5. The van der Waals surface area contributed by atoms with Crippen LogP contribution in [0.4, 0.5) is 10.1 Å². The first kappa shape index (κ1) is 24.9. The van der Waals surface area contributed by atoms with Crippen LogP contribution in [0.15, 0.2) is 41.3 Å². The summed E-state index contributed by atoms with van der Waals surface area (Å²) < 4.78 is 46.6. The summed E-state index contributed by atoms with van der Waals surface area (Å²) in [7, 11) is -2.33. The summed E-state index contributed by atoms with van der Waals surface area (Å²) in [5.74, 6) is -1.29. The van der Waals surface area contributed by atoms with E-state index in [0.29, 0.717) is 19.3 Å². The molecule has 3 rings (SSSR count). The largest absolute Gasteiger partial charge is 0.396 e. The van der Waals surface area contributed by atoms with E-state index in [1.54, 1.807) is 7.11 Å². The molecule has 1 amide bonds. The minimum absolute atomic E-state index is 0.0447. The van der Waals surface area contributed by atoms with Crippen molar-refractivity contribution >= 4 is 44.8 Å². The molecule has 0 saturated carbocycles. The third kappa shape index (κ3) is 5.24. The number of nitrogens with one attached hydrogen (secondary N) is 1. The van der Waals surface area contributed by atoms with E-state index in [2.05, 4.69) is 5.32 Å². The fourth-order valence-electron chi connectivity index (χ4n) is 3.65. The van der Waals surface area contributed by atoms with Crippen molar-refractivity contribution in [1.82, 2.24) is 4.31 Å². The molecule has 0 atom stereocenters. The molecular weight excluding hydrogens is 482 g/mol. The summed E-state index contributed by atoms with van der Waals surface area (Å²) >= 11 is 11.9. The van der Waals surface area contributed by atoms with Crippen molar-refractivity contribution in [3.8, 4) is 0 Å². The first-order valence-electron chi connectivity index (χ1n) is 9.84. The predicted octanol–water partition coefficient (Wildman–Crippen LogP) is 3.94. The Morgan fingerprint density at radius 2 is 1.88 bits per heavy atom. The van der Waals surface area contributed by atoms with Gasteiger partial charge < -0.3 is 15.2 Å². The number of nitrogens with zero attached hydrogens (tertiary/aromatic N) is 1. The van der Waals surface area contributed by atoms with Crippen LogP contribution in [-0.4, -0.2) is 56.1 Å². The Morgan fingerprint density at radius 3 is 2.47 bits per heavy atom. The Labute approximate surface area is 196 Å². The molecule has 0 bridgehead atoms. The Kier molecular flexibility index (Phi) is 7.80. The number of rotatable bonds is 7. The number of ether oxygens (including phenoxy) is 1. The van der Waals surface area contributed by atoms with Crippen molar-refractivity contribution in [3.63, 3.8) is 0 Å². The highest BCUT2D eigenvalue weighted by Gasteiger charge is 2.38. The van der Waals surface area contributed by atoms with E-state index >= 15 is 0 Å².